The molecule has 4 aliphatic rings. The van der Waals surface area contributed by atoms with Gasteiger partial charge in [0, 0.05) is 18.9 Å². The molecule has 0 radical (unpaired) electrons. The lowest BCUT2D eigenvalue weighted by Gasteiger charge is -2.69. The largest absolute Gasteiger partial charge is 0.393 e. The highest BCUT2D eigenvalue weighted by molar-refractivity contribution is 5.85. The summed E-state index contributed by atoms with van der Waals surface area (Å²) in [5.41, 5.74) is -0.997. The lowest BCUT2D eigenvalue weighted by Crippen LogP contribution is -2.66. The fourth-order valence-corrected chi connectivity index (χ4v) is 10.4. The minimum atomic E-state index is -0.781. The second-order valence-corrected chi connectivity index (χ2v) is 15.3. The van der Waals surface area contributed by atoms with Gasteiger partial charge in [-0.05, 0) is 118 Å². The molecule has 4 nitrogen and oxygen atoms in total. The van der Waals surface area contributed by atoms with Crippen molar-refractivity contribution in [3.63, 3.8) is 0 Å². The van der Waals surface area contributed by atoms with Gasteiger partial charge in [-0.3, -0.25) is 4.79 Å². The summed E-state index contributed by atoms with van der Waals surface area (Å²) in [4.78, 5) is 12.9. The van der Waals surface area contributed by atoms with E-state index in [1.165, 1.54) is 0 Å². The molecule has 9 atom stereocenters. The molecule has 0 spiro atoms. The molecule has 2 N–H and O–H groups in total. The molecule has 0 aromatic rings. The third-order valence-electron chi connectivity index (χ3n) is 12.9. The van der Waals surface area contributed by atoms with E-state index in [4.69, 9.17) is 4.74 Å². The minimum Gasteiger partial charge on any atom is -0.393 e. The number of aliphatic hydroxyl groups is 2. The van der Waals surface area contributed by atoms with Crippen LogP contribution >= 0.6 is 0 Å². The number of aliphatic hydroxyl groups excluding tert-OH is 1. The van der Waals surface area contributed by atoms with Crippen molar-refractivity contribution < 1.29 is 19.7 Å². The maximum absolute atomic E-state index is 12.9. The first-order valence-electron chi connectivity index (χ1n) is 14.5. The van der Waals surface area contributed by atoms with Crippen molar-refractivity contribution in [2.75, 3.05) is 7.11 Å². The predicted molar refractivity (Wildman–Crippen MR) is 141 cm³/mol. The average Bonchev–Trinajstić information content (AvgIpc) is 3.14. The molecule has 0 amide bonds. The van der Waals surface area contributed by atoms with E-state index in [1.807, 2.05) is 6.92 Å². The van der Waals surface area contributed by atoms with Crippen molar-refractivity contribution >= 4 is 5.78 Å². The maximum atomic E-state index is 12.9. The Balaban J connectivity index is 1.61. The van der Waals surface area contributed by atoms with Gasteiger partial charge >= 0.3 is 0 Å². The van der Waals surface area contributed by atoms with Gasteiger partial charge in [-0.2, -0.15) is 0 Å². The zero-order valence-electron chi connectivity index (χ0n) is 24.2. The van der Waals surface area contributed by atoms with E-state index in [0.29, 0.717) is 24.0 Å². The van der Waals surface area contributed by atoms with Gasteiger partial charge in [0.05, 0.1) is 17.3 Å². The summed E-state index contributed by atoms with van der Waals surface area (Å²) in [6, 6.07) is 0. The van der Waals surface area contributed by atoms with Crippen molar-refractivity contribution in [1.82, 2.24) is 0 Å². The molecule has 0 bridgehead atoms. The number of fused-ring (bicyclic) bond motifs is 5. The highest BCUT2D eigenvalue weighted by atomic mass is 16.5. The standard InChI is InChI=1S/C31H54O4/c1-26(2,35-9)14-10-15-31(8,34)20-11-17-30(7)25(20)21(32)19-23-28(5)16-13-24(33)27(3,4)22(28)12-18-29(23,30)6/h20-23,25,32,34H,10-19H2,1-9H3/t20-,21+,22-,23+,25-,28-,29+,30+,31+/m0/s1. The molecule has 4 heteroatoms. The minimum absolute atomic E-state index is 0.00930. The van der Waals surface area contributed by atoms with Crippen LogP contribution in [0.1, 0.15) is 120 Å². The Labute approximate surface area is 215 Å². The SMILES string of the molecule is COC(C)(C)CCC[C@@](C)(O)[C@H]1CC[C@]2(C)[C@@H]1[C@H](O)C[C@@H]1[C@@]3(C)CCC(=O)C(C)(C)[C@@H]3CC[C@]12C. The third kappa shape index (κ3) is 3.98. The molecule has 4 aliphatic carbocycles. The van der Waals surface area contributed by atoms with E-state index >= 15 is 0 Å². The molecule has 0 aliphatic heterocycles. The Morgan fingerprint density at radius 1 is 0.943 bits per heavy atom. The van der Waals surface area contributed by atoms with Gasteiger partial charge in [0.15, 0.2) is 0 Å². The lowest BCUT2D eigenvalue weighted by atomic mass is 9.35. The topological polar surface area (TPSA) is 66.8 Å². The number of hydrogen-bond acceptors (Lipinski definition) is 4. The summed E-state index contributed by atoms with van der Waals surface area (Å²) in [5.74, 6) is 1.50. The number of ether oxygens (including phenoxy) is 1. The van der Waals surface area contributed by atoms with Gasteiger partial charge in [-0.15, -0.1) is 0 Å². The van der Waals surface area contributed by atoms with E-state index in [-0.39, 0.29) is 45.2 Å². The number of methoxy groups -OCH3 is 1. The summed E-state index contributed by atoms with van der Waals surface area (Å²) in [6.07, 6.45) is 8.97. The Kier molecular flexibility index (Phi) is 6.72. The second kappa shape index (κ2) is 8.53. The van der Waals surface area contributed by atoms with Crippen LogP contribution in [-0.4, -0.2) is 40.4 Å². The van der Waals surface area contributed by atoms with Crippen molar-refractivity contribution in [3.05, 3.63) is 0 Å². The average molecular weight is 491 g/mol. The maximum Gasteiger partial charge on any atom is 0.138 e. The molecule has 35 heavy (non-hydrogen) atoms. The zero-order chi connectivity index (χ0) is 26.2. The Hall–Kier alpha value is -0.450. The first-order chi connectivity index (χ1) is 16.0. The van der Waals surface area contributed by atoms with Gasteiger partial charge in [-0.1, -0.05) is 34.6 Å². The lowest BCUT2D eigenvalue weighted by molar-refractivity contribution is -0.232. The summed E-state index contributed by atoms with van der Waals surface area (Å²) < 4.78 is 5.60. The first kappa shape index (κ1) is 27.6. The molecule has 4 fully saturated rings. The molecule has 0 aromatic heterocycles. The molecular formula is C31H54O4. The molecule has 4 rings (SSSR count). The van der Waals surface area contributed by atoms with Gasteiger partial charge in [0.25, 0.3) is 0 Å². The normalized spacial score (nSPS) is 46.9. The zero-order valence-corrected chi connectivity index (χ0v) is 24.2. The predicted octanol–water partition coefficient (Wildman–Crippen LogP) is 6.56. The van der Waals surface area contributed by atoms with Crippen molar-refractivity contribution in [3.8, 4) is 0 Å². The highest BCUT2D eigenvalue weighted by Gasteiger charge is 2.71. The quantitative estimate of drug-likeness (QED) is 0.442. The van der Waals surface area contributed by atoms with E-state index in [2.05, 4.69) is 48.5 Å². The molecule has 0 heterocycles. The van der Waals surface area contributed by atoms with Crippen LogP contribution in [0.3, 0.4) is 0 Å². The molecule has 0 aromatic carbocycles. The Bertz CT molecular complexity index is 830. The van der Waals surface area contributed by atoms with E-state index < -0.39 is 5.60 Å². The summed E-state index contributed by atoms with van der Waals surface area (Å²) in [6.45, 7) is 18.0. The van der Waals surface area contributed by atoms with Crippen LogP contribution in [0.25, 0.3) is 0 Å². The van der Waals surface area contributed by atoms with Crippen molar-refractivity contribution in [2.45, 2.75) is 137 Å². The molecule has 202 valence electrons. The van der Waals surface area contributed by atoms with Gasteiger partial charge < -0.3 is 14.9 Å². The smallest absolute Gasteiger partial charge is 0.138 e. The second-order valence-electron chi connectivity index (χ2n) is 15.3. The van der Waals surface area contributed by atoms with Gasteiger partial charge in [-0.25, -0.2) is 0 Å². The number of ketones is 1. The van der Waals surface area contributed by atoms with Gasteiger partial charge in [0.2, 0.25) is 0 Å². The van der Waals surface area contributed by atoms with Crippen LogP contribution < -0.4 is 0 Å². The Morgan fingerprint density at radius 3 is 2.20 bits per heavy atom. The number of hydrogen-bond donors (Lipinski definition) is 2. The summed E-state index contributed by atoms with van der Waals surface area (Å²) in [7, 11) is 1.76. The van der Waals surface area contributed by atoms with Crippen molar-refractivity contribution in [2.24, 2.45) is 45.3 Å². The van der Waals surface area contributed by atoms with Crippen molar-refractivity contribution in [1.29, 1.82) is 0 Å². The van der Waals surface area contributed by atoms with Gasteiger partial charge in [0.1, 0.15) is 5.78 Å². The van der Waals surface area contributed by atoms with E-state index in [9.17, 15) is 15.0 Å². The molecule has 0 unspecified atom stereocenters. The van der Waals surface area contributed by atoms with Crippen LogP contribution in [0, 0.1) is 45.3 Å². The monoisotopic (exact) mass is 490 g/mol. The van der Waals surface area contributed by atoms with Crippen LogP contribution in [0.5, 0.6) is 0 Å². The number of carbonyl (C=O) groups excluding carboxylic acids is 1. The van der Waals surface area contributed by atoms with E-state index in [0.717, 1.165) is 57.8 Å². The van der Waals surface area contributed by atoms with Crippen LogP contribution in [0.15, 0.2) is 0 Å². The van der Waals surface area contributed by atoms with E-state index in [1.54, 1.807) is 7.11 Å². The number of rotatable bonds is 6. The fraction of sp³-hybridized carbons (Fsp3) is 0.968. The third-order valence-corrected chi connectivity index (χ3v) is 12.9. The van der Waals surface area contributed by atoms with Crippen LogP contribution in [-0.2, 0) is 9.53 Å². The number of Topliss-reactive ketones (excluding diaryl/α,β-unsaturated/α-hetero) is 1. The Morgan fingerprint density at radius 2 is 1.57 bits per heavy atom. The van der Waals surface area contributed by atoms with Crippen LogP contribution in [0.2, 0.25) is 0 Å². The highest BCUT2D eigenvalue weighted by Crippen LogP contribution is 2.75. The number of carbonyl (C=O) groups is 1. The summed E-state index contributed by atoms with van der Waals surface area (Å²) >= 11 is 0. The molecule has 4 saturated carbocycles. The van der Waals surface area contributed by atoms with Crippen LogP contribution in [0.4, 0.5) is 0 Å². The molecular weight excluding hydrogens is 436 g/mol. The first-order valence-corrected chi connectivity index (χ1v) is 14.5. The molecule has 0 saturated heterocycles. The fourth-order valence-electron chi connectivity index (χ4n) is 10.4. The summed E-state index contributed by atoms with van der Waals surface area (Å²) in [5, 5.41) is 23.6.